The molecule has 75 heavy (non-hydrogen) atoms. The number of aliphatic carboxylic acids is 1. The van der Waals surface area contributed by atoms with E-state index >= 15 is 0 Å². The first kappa shape index (κ1) is 58.1. The lowest BCUT2D eigenvalue weighted by atomic mass is 9.33. The van der Waals surface area contributed by atoms with Crippen molar-refractivity contribution < 1.29 is 109 Å². The number of ether oxygens (including phenoxy) is 8. The Bertz CT molecular complexity index is 2060. The molecule has 0 radical (unpaired) electrons. The molecular formula is C53H86O22. The molecule has 4 saturated carbocycles. The van der Waals surface area contributed by atoms with Crippen LogP contribution in [-0.4, -0.2) is 222 Å². The first-order chi connectivity index (χ1) is 35.1. The Morgan fingerprint density at radius 3 is 1.92 bits per heavy atom. The minimum absolute atomic E-state index is 0.00676. The van der Waals surface area contributed by atoms with Crippen molar-refractivity contribution in [3.63, 3.8) is 0 Å². The third-order valence-corrected chi connectivity index (χ3v) is 21.2. The number of allylic oxidation sites excluding steroid dienone is 2. The summed E-state index contributed by atoms with van der Waals surface area (Å²) in [5.74, 6) is -0.382. The minimum Gasteiger partial charge on any atom is -0.481 e. The normalized spacial score (nSPS) is 54.9. The number of fused-ring (bicyclic) bond motifs is 7. The molecular weight excluding hydrogens is 989 g/mol. The van der Waals surface area contributed by atoms with Gasteiger partial charge in [0.2, 0.25) is 0 Å². The van der Waals surface area contributed by atoms with Gasteiger partial charge in [0.15, 0.2) is 25.2 Å². The Hall–Kier alpha value is -1.59. The third-order valence-electron chi connectivity index (χ3n) is 21.2. The van der Waals surface area contributed by atoms with Gasteiger partial charge in [-0.05, 0) is 111 Å². The van der Waals surface area contributed by atoms with Crippen LogP contribution in [-0.2, 0) is 42.7 Å². The average Bonchev–Trinajstić information content (AvgIpc) is 3.36. The van der Waals surface area contributed by atoms with Crippen LogP contribution in [0.3, 0.4) is 0 Å². The maximum atomic E-state index is 13.1. The summed E-state index contributed by atoms with van der Waals surface area (Å²) >= 11 is 0. The summed E-state index contributed by atoms with van der Waals surface area (Å²) in [6.07, 6.45) is -20.9. The predicted molar refractivity (Wildman–Crippen MR) is 257 cm³/mol. The molecule has 0 aromatic carbocycles. The average molecular weight is 1080 g/mol. The number of carboxylic acids is 1. The second-order valence-electron chi connectivity index (χ2n) is 25.7. The van der Waals surface area contributed by atoms with Gasteiger partial charge in [-0.25, -0.2) is 0 Å². The summed E-state index contributed by atoms with van der Waals surface area (Å²) in [4.78, 5) is 13.1. The van der Waals surface area contributed by atoms with Gasteiger partial charge in [0.25, 0.3) is 0 Å². The Morgan fingerprint density at radius 2 is 1.25 bits per heavy atom. The lowest BCUT2D eigenvalue weighted by molar-refractivity contribution is -0.374. The zero-order valence-electron chi connectivity index (χ0n) is 44.2. The van der Waals surface area contributed by atoms with E-state index in [2.05, 4.69) is 40.7 Å². The van der Waals surface area contributed by atoms with Crippen molar-refractivity contribution in [3.05, 3.63) is 11.6 Å². The topological polar surface area (TPSA) is 354 Å². The van der Waals surface area contributed by atoms with Crippen molar-refractivity contribution in [1.29, 1.82) is 0 Å². The Morgan fingerprint density at radius 1 is 0.640 bits per heavy atom. The van der Waals surface area contributed by atoms with Gasteiger partial charge in [-0.3, -0.25) is 4.79 Å². The molecule has 13 N–H and O–H groups in total. The maximum absolute atomic E-state index is 13.1. The summed E-state index contributed by atoms with van der Waals surface area (Å²) < 4.78 is 46.8. The summed E-state index contributed by atoms with van der Waals surface area (Å²) in [6, 6.07) is 0. The smallest absolute Gasteiger partial charge is 0.310 e. The fraction of sp³-hybridized carbons (Fsp3) is 0.943. The molecule has 0 spiro atoms. The molecule has 430 valence electrons. The first-order valence-corrected chi connectivity index (χ1v) is 27.3. The highest BCUT2D eigenvalue weighted by Crippen LogP contribution is 2.76. The molecule has 22 nitrogen and oxygen atoms in total. The molecule has 0 unspecified atom stereocenters. The molecule has 8 fully saturated rings. The number of aliphatic hydroxyl groups excluding tert-OH is 12. The van der Waals surface area contributed by atoms with Crippen LogP contribution in [0.15, 0.2) is 11.6 Å². The number of rotatable bonds is 12. The minimum atomic E-state index is -1.90. The second kappa shape index (κ2) is 21.1. The van der Waals surface area contributed by atoms with Gasteiger partial charge in [-0.2, -0.15) is 0 Å². The molecule has 0 amide bonds. The largest absolute Gasteiger partial charge is 0.481 e. The standard InChI is InChI=1S/C53H86O22/c1-23-42(75-46-40(64)36(60)33(57)27(73-46)20-68-43-39(63)35(59)32(56)26(19-54)71-43)37(61)41(65)45(70-23)72-28-21-69-44(38(62)34(28)58)74-31-11-12-49(4)29(50(31,5)22-55)10-13-52(7)30(49)9-8-24-25-18-48(2,3)14-16-53(25,47(66)67)17-15-51(24,52)6/h8,23,25-46,54-65H,9-22H2,1-7H3,(H,66,67)/t23-,25-,26+,27+,28+,29+,30+,31-,32+,33+,34-,35-,36-,37-,38+,39+,40+,41+,42-,43+,44-,45-,46-,49-,50-,51+,52+,53-/m0/s1. The van der Waals surface area contributed by atoms with Crippen molar-refractivity contribution in [2.45, 2.75) is 235 Å². The van der Waals surface area contributed by atoms with Crippen LogP contribution in [0, 0.1) is 50.2 Å². The molecule has 9 rings (SSSR count). The van der Waals surface area contributed by atoms with Crippen LogP contribution >= 0.6 is 0 Å². The van der Waals surface area contributed by atoms with E-state index in [0.29, 0.717) is 19.3 Å². The van der Waals surface area contributed by atoms with Gasteiger partial charge in [0.05, 0.1) is 44.1 Å². The molecule has 4 heterocycles. The highest BCUT2D eigenvalue weighted by Gasteiger charge is 2.70. The van der Waals surface area contributed by atoms with Crippen molar-refractivity contribution in [3.8, 4) is 0 Å². The van der Waals surface area contributed by atoms with Gasteiger partial charge >= 0.3 is 5.97 Å². The van der Waals surface area contributed by atoms with E-state index in [-0.39, 0.29) is 52.6 Å². The predicted octanol–water partition coefficient (Wildman–Crippen LogP) is -0.830. The SMILES string of the molecule is C[C@@H]1O[C@@H](O[C@@H]2CO[C@@H](O[C@H]3CC[C@@]4(C)[C@@H](CC[C@]5(C)[C@@H]4CC=C4[C@@H]6CC(C)(C)CC[C@]6(C(=O)O)CC[C@]45C)[C@]3(C)CO)[C@H](O)[C@H]2O)[C@H](O)[C@H](O)[C@H]1O[C@@H]1O[C@H](CO[C@@H]2O[C@H](CO)[C@@H](O)[C@H](O)[C@H]2O)[C@@H](O)[C@H](O)[C@H]1O. The van der Waals surface area contributed by atoms with Crippen LogP contribution < -0.4 is 0 Å². The van der Waals surface area contributed by atoms with Crippen LogP contribution in [0.2, 0.25) is 0 Å². The third kappa shape index (κ3) is 9.50. The van der Waals surface area contributed by atoms with Crippen LogP contribution in [0.4, 0.5) is 0 Å². The number of carbonyl (C=O) groups is 1. The van der Waals surface area contributed by atoms with Gasteiger partial charge in [-0.15, -0.1) is 0 Å². The fourth-order valence-corrected chi connectivity index (χ4v) is 16.2. The number of hydrogen-bond acceptors (Lipinski definition) is 21. The quantitative estimate of drug-likeness (QED) is 0.0838. The van der Waals surface area contributed by atoms with E-state index < -0.39 is 153 Å². The van der Waals surface area contributed by atoms with Gasteiger partial charge < -0.3 is 104 Å². The lowest BCUT2D eigenvalue weighted by Crippen LogP contribution is -2.67. The molecule has 22 heteroatoms. The molecule has 4 saturated heterocycles. The summed E-state index contributed by atoms with van der Waals surface area (Å²) in [5.41, 5.74) is -0.590. The Kier molecular flexibility index (Phi) is 16.3. The zero-order valence-corrected chi connectivity index (χ0v) is 44.2. The fourth-order valence-electron chi connectivity index (χ4n) is 16.2. The van der Waals surface area contributed by atoms with Crippen molar-refractivity contribution in [1.82, 2.24) is 0 Å². The molecule has 5 aliphatic carbocycles. The summed E-state index contributed by atoms with van der Waals surface area (Å²) in [5, 5.41) is 140. The summed E-state index contributed by atoms with van der Waals surface area (Å²) in [6.45, 7) is 13.4. The van der Waals surface area contributed by atoms with E-state index in [4.69, 9.17) is 37.9 Å². The summed E-state index contributed by atoms with van der Waals surface area (Å²) in [7, 11) is 0. The van der Waals surface area contributed by atoms with E-state index in [1.807, 2.05) is 6.92 Å². The molecule has 9 aliphatic rings. The molecule has 0 aromatic rings. The van der Waals surface area contributed by atoms with Crippen LogP contribution in [0.1, 0.15) is 113 Å². The number of aliphatic hydroxyl groups is 12. The van der Waals surface area contributed by atoms with Gasteiger partial charge in [-0.1, -0.05) is 53.2 Å². The van der Waals surface area contributed by atoms with Crippen LogP contribution in [0.5, 0.6) is 0 Å². The number of carboxylic acid groups (broad SMARTS) is 1. The van der Waals surface area contributed by atoms with Gasteiger partial charge in [0, 0.05) is 5.41 Å². The Balaban J connectivity index is 0.810. The second-order valence-corrected chi connectivity index (χ2v) is 25.7. The van der Waals surface area contributed by atoms with E-state index in [9.17, 15) is 71.2 Å². The highest BCUT2D eigenvalue weighted by atomic mass is 16.8. The van der Waals surface area contributed by atoms with Crippen molar-refractivity contribution in [2.75, 3.05) is 26.4 Å². The molecule has 0 aromatic heterocycles. The first-order valence-electron chi connectivity index (χ1n) is 27.3. The maximum Gasteiger partial charge on any atom is 0.310 e. The monoisotopic (exact) mass is 1070 g/mol. The van der Waals surface area contributed by atoms with E-state index in [1.54, 1.807) is 0 Å². The van der Waals surface area contributed by atoms with Crippen molar-refractivity contribution in [2.24, 2.45) is 50.2 Å². The van der Waals surface area contributed by atoms with E-state index in [0.717, 1.165) is 44.9 Å². The molecule has 28 atom stereocenters. The van der Waals surface area contributed by atoms with Crippen molar-refractivity contribution >= 4 is 5.97 Å². The Labute approximate surface area is 437 Å². The lowest BCUT2D eigenvalue weighted by Gasteiger charge is -2.71. The molecule has 4 aliphatic heterocycles. The highest BCUT2D eigenvalue weighted by molar-refractivity contribution is 5.76. The van der Waals surface area contributed by atoms with Gasteiger partial charge in [0.1, 0.15) is 85.5 Å². The van der Waals surface area contributed by atoms with Crippen LogP contribution in [0.25, 0.3) is 0 Å². The van der Waals surface area contributed by atoms with E-state index in [1.165, 1.54) is 12.5 Å². The number of hydrogen-bond donors (Lipinski definition) is 13. The zero-order chi connectivity index (χ0) is 54.7. The molecule has 0 bridgehead atoms.